The zero-order chi connectivity index (χ0) is 23.5. The molecule has 2 aromatic heterocycles. The maximum Gasteiger partial charge on any atom is 0.291 e. The molecule has 0 unspecified atom stereocenters. The number of furan rings is 1. The minimum Gasteiger partial charge on any atom is -0.449 e. The van der Waals surface area contributed by atoms with Crippen LogP contribution < -0.4 is 5.32 Å². The molecule has 0 spiro atoms. The first-order valence-corrected chi connectivity index (χ1v) is 12.0. The van der Waals surface area contributed by atoms with Gasteiger partial charge in [-0.05, 0) is 73.4 Å². The van der Waals surface area contributed by atoms with Crippen LogP contribution in [0.3, 0.4) is 0 Å². The number of imidazole rings is 1. The number of anilines is 1. The van der Waals surface area contributed by atoms with Gasteiger partial charge >= 0.3 is 0 Å². The number of nitrogens with zero attached hydrogens (tertiary/aromatic N) is 2. The van der Waals surface area contributed by atoms with Gasteiger partial charge in [-0.2, -0.15) is 0 Å². The predicted octanol–water partition coefficient (Wildman–Crippen LogP) is 7.27. The van der Waals surface area contributed by atoms with Gasteiger partial charge < -0.3 is 14.3 Å². The van der Waals surface area contributed by atoms with Crippen LogP contribution in [0.15, 0.2) is 71.4 Å². The molecule has 1 saturated carbocycles. The minimum atomic E-state index is -0.303. The largest absolute Gasteiger partial charge is 0.449 e. The number of aryl methyl sites for hydroxylation is 1. The molecule has 5 rings (SSSR count). The van der Waals surface area contributed by atoms with E-state index in [1.165, 1.54) is 37.0 Å². The third-order valence-electron chi connectivity index (χ3n) is 6.56. The lowest BCUT2D eigenvalue weighted by Gasteiger charge is -2.24. The minimum absolute atomic E-state index is 0.232. The molecule has 5 nitrogen and oxygen atoms in total. The summed E-state index contributed by atoms with van der Waals surface area (Å²) in [5, 5.41) is 2.90. The standard InChI is InChI=1S/C28H28FN3O2/c1-2-19-8-14-22(15-9-19)31-28(33)25-17-16-24(34-25)27-26(20-10-12-21(29)13-11-20)30-18-32(27)23-6-4-3-5-7-23/h8-18,23H,2-7H2,1H3,(H,31,33). The van der Waals surface area contributed by atoms with Crippen LogP contribution >= 0.6 is 0 Å². The fourth-order valence-corrected chi connectivity index (χ4v) is 4.66. The normalized spacial score (nSPS) is 14.3. The van der Waals surface area contributed by atoms with Crippen LogP contribution in [0, 0.1) is 5.82 Å². The Morgan fingerprint density at radius 2 is 1.76 bits per heavy atom. The van der Waals surface area contributed by atoms with E-state index < -0.39 is 0 Å². The van der Waals surface area contributed by atoms with Gasteiger partial charge in [0.2, 0.25) is 0 Å². The van der Waals surface area contributed by atoms with Gasteiger partial charge in [0.25, 0.3) is 5.91 Å². The van der Waals surface area contributed by atoms with Gasteiger partial charge in [-0.25, -0.2) is 9.37 Å². The molecule has 174 valence electrons. The summed E-state index contributed by atoms with van der Waals surface area (Å²) in [6.07, 6.45) is 8.55. The number of carbonyl (C=O) groups is 1. The monoisotopic (exact) mass is 457 g/mol. The van der Waals surface area contributed by atoms with Crippen LogP contribution in [0.2, 0.25) is 0 Å². The highest BCUT2D eigenvalue weighted by Gasteiger charge is 2.25. The second-order valence-corrected chi connectivity index (χ2v) is 8.82. The summed E-state index contributed by atoms with van der Waals surface area (Å²) < 4.78 is 21.8. The Labute approximate surface area is 198 Å². The molecule has 34 heavy (non-hydrogen) atoms. The van der Waals surface area contributed by atoms with E-state index in [0.29, 0.717) is 11.8 Å². The van der Waals surface area contributed by atoms with Gasteiger partial charge in [0, 0.05) is 17.3 Å². The zero-order valence-corrected chi connectivity index (χ0v) is 19.3. The lowest BCUT2D eigenvalue weighted by molar-refractivity contribution is 0.0997. The quantitative estimate of drug-likeness (QED) is 0.331. The van der Waals surface area contributed by atoms with Crippen molar-refractivity contribution in [2.24, 2.45) is 0 Å². The van der Waals surface area contributed by atoms with Crippen LogP contribution in [-0.4, -0.2) is 15.5 Å². The first-order valence-electron chi connectivity index (χ1n) is 12.0. The van der Waals surface area contributed by atoms with Crippen molar-refractivity contribution in [2.45, 2.75) is 51.5 Å². The van der Waals surface area contributed by atoms with Gasteiger partial charge in [0.1, 0.15) is 11.5 Å². The van der Waals surface area contributed by atoms with Crippen molar-refractivity contribution >= 4 is 11.6 Å². The summed E-state index contributed by atoms with van der Waals surface area (Å²) in [7, 11) is 0. The Balaban J connectivity index is 1.47. The molecule has 6 heteroatoms. The van der Waals surface area contributed by atoms with E-state index in [-0.39, 0.29) is 17.5 Å². The molecule has 1 amide bonds. The molecule has 4 aromatic rings. The van der Waals surface area contributed by atoms with E-state index in [0.717, 1.165) is 41.9 Å². The van der Waals surface area contributed by atoms with E-state index >= 15 is 0 Å². The summed E-state index contributed by atoms with van der Waals surface area (Å²) >= 11 is 0. The molecular weight excluding hydrogens is 429 g/mol. The summed E-state index contributed by atoms with van der Waals surface area (Å²) in [6, 6.07) is 17.9. The van der Waals surface area contributed by atoms with Crippen LogP contribution in [0.1, 0.15) is 61.2 Å². The number of nitrogens with one attached hydrogen (secondary N) is 1. The molecule has 1 N–H and O–H groups in total. The van der Waals surface area contributed by atoms with E-state index in [1.54, 1.807) is 18.2 Å². The van der Waals surface area contributed by atoms with Crippen LogP contribution in [0.4, 0.5) is 10.1 Å². The topological polar surface area (TPSA) is 60.1 Å². The van der Waals surface area contributed by atoms with Gasteiger partial charge in [0.15, 0.2) is 11.5 Å². The molecule has 0 aliphatic heterocycles. The first-order chi connectivity index (χ1) is 16.6. The van der Waals surface area contributed by atoms with Crippen LogP contribution in [-0.2, 0) is 6.42 Å². The molecule has 1 fully saturated rings. The second-order valence-electron chi connectivity index (χ2n) is 8.82. The molecule has 0 radical (unpaired) electrons. The molecule has 1 aliphatic carbocycles. The molecule has 2 heterocycles. The lowest BCUT2D eigenvalue weighted by Crippen LogP contribution is -2.13. The average Bonchev–Trinajstić information content (AvgIpc) is 3.53. The third-order valence-corrected chi connectivity index (χ3v) is 6.56. The van der Waals surface area contributed by atoms with Crippen molar-refractivity contribution in [1.82, 2.24) is 9.55 Å². The summed E-state index contributed by atoms with van der Waals surface area (Å²) in [5.74, 6) is 0.216. The van der Waals surface area contributed by atoms with Gasteiger partial charge in [0.05, 0.1) is 12.0 Å². The number of halogens is 1. The molecule has 0 bridgehead atoms. The number of rotatable bonds is 6. The highest BCUT2D eigenvalue weighted by molar-refractivity contribution is 6.02. The molecule has 0 saturated heterocycles. The first kappa shape index (κ1) is 22.1. The van der Waals surface area contributed by atoms with Gasteiger partial charge in [-0.3, -0.25) is 4.79 Å². The van der Waals surface area contributed by atoms with Crippen molar-refractivity contribution in [3.8, 4) is 22.7 Å². The maximum atomic E-state index is 13.5. The summed E-state index contributed by atoms with van der Waals surface area (Å²) in [5.41, 5.74) is 4.29. The van der Waals surface area contributed by atoms with E-state index in [2.05, 4.69) is 21.8 Å². The van der Waals surface area contributed by atoms with E-state index in [9.17, 15) is 9.18 Å². The highest BCUT2D eigenvalue weighted by Crippen LogP contribution is 2.38. The Hall–Kier alpha value is -3.67. The number of benzene rings is 2. The Kier molecular flexibility index (Phi) is 6.30. The number of hydrogen-bond acceptors (Lipinski definition) is 3. The number of hydrogen-bond donors (Lipinski definition) is 1. The third kappa shape index (κ3) is 4.53. The Morgan fingerprint density at radius 1 is 1.03 bits per heavy atom. The van der Waals surface area contributed by atoms with E-state index in [4.69, 9.17) is 4.42 Å². The van der Waals surface area contributed by atoms with Crippen molar-refractivity contribution < 1.29 is 13.6 Å². The lowest BCUT2D eigenvalue weighted by atomic mass is 9.95. The number of aromatic nitrogens is 2. The van der Waals surface area contributed by atoms with E-state index in [1.807, 2.05) is 36.7 Å². The van der Waals surface area contributed by atoms with Crippen molar-refractivity contribution in [3.63, 3.8) is 0 Å². The molecule has 0 atom stereocenters. The fourth-order valence-electron chi connectivity index (χ4n) is 4.66. The molecular formula is C28H28FN3O2. The fraction of sp³-hybridized carbons (Fsp3) is 0.286. The van der Waals surface area contributed by atoms with Crippen molar-refractivity contribution in [3.05, 3.63) is 84.1 Å². The second kappa shape index (κ2) is 9.67. The average molecular weight is 458 g/mol. The van der Waals surface area contributed by atoms with Crippen molar-refractivity contribution in [1.29, 1.82) is 0 Å². The Bertz CT molecular complexity index is 1270. The smallest absolute Gasteiger partial charge is 0.291 e. The van der Waals surface area contributed by atoms with Gasteiger partial charge in [-0.15, -0.1) is 0 Å². The zero-order valence-electron chi connectivity index (χ0n) is 19.3. The van der Waals surface area contributed by atoms with Crippen molar-refractivity contribution in [2.75, 3.05) is 5.32 Å². The van der Waals surface area contributed by atoms with Crippen LogP contribution in [0.25, 0.3) is 22.7 Å². The van der Waals surface area contributed by atoms with Gasteiger partial charge in [-0.1, -0.05) is 38.3 Å². The predicted molar refractivity (Wildman–Crippen MR) is 131 cm³/mol. The molecule has 1 aliphatic rings. The number of amides is 1. The highest BCUT2D eigenvalue weighted by atomic mass is 19.1. The summed E-state index contributed by atoms with van der Waals surface area (Å²) in [4.78, 5) is 17.5. The Morgan fingerprint density at radius 3 is 2.47 bits per heavy atom. The number of carbonyl (C=O) groups excluding carboxylic acids is 1. The SMILES string of the molecule is CCc1ccc(NC(=O)c2ccc(-c3c(-c4ccc(F)cc4)ncn3C3CCCCC3)o2)cc1. The molecule has 2 aromatic carbocycles. The summed E-state index contributed by atoms with van der Waals surface area (Å²) in [6.45, 7) is 2.09. The maximum absolute atomic E-state index is 13.5. The van der Waals surface area contributed by atoms with Crippen LogP contribution in [0.5, 0.6) is 0 Å².